The third-order valence-corrected chi connectivity index (χ3v) is 4.67. The Morgan fingerprint density at radius 2 is 2.04 bits per heavy atom. The summed E-state index contributed by atoms with van der Waals surface area (Å²) in [6.45, 7) is 4.03. The fourth-order valence-corrected chi connectivity index (χ4v) is 3.14. The molecule has 0 atom stereocenters. The average Bonchev–Trinajstić information content (AvgIpc) is 3.35. The highest BCUT2D eigenvalue weighted by Gasteiger charge is 2.19. The lowest BCUT2D eigenvalue weighted by atomic mass is 10.1. The van der Waals surface area contributed by atoms with Crippen LogP contribution in [0.25, 0.3) is 0 Å². The van der Waals surface area contributed by atoms with Crippen LogP contribution in [0.5, 0.6) is 0 Å². The second kappa shape index (κ2) is 9.75. The van der Waals surface area contributed by atoms with Gasteiger partial charge in [-0.25, -0.2) is 0 Å². The van der Waals surface area contributed by atoms with E-state index in [1.807, 2.05) is 21.8 Å². The van der Waals surface area contributed by atoms with Crippen molar-refractivity contribution in [3.63, 3.8) is 0 Å². The van der Waals surface area contributed by atoms with Crippen LogP contribution in [0.3, 0.4) is 0 Å². The topological polar surface area (TPSA) is 74.6 Å². The lowest BCUT2D eigenvalue weighted by Gasteiger charge is -2.16. The van der Waals surface area contributed by atoms with Gasteiger partial charge in [0.1, 0.15) is 0 Å². The number of benzene rings is 1. The maximum absolute atomic E-state index is 11.7. The first kappa shape index (κ1) is 18.9. The molecule has 144 valence electrons. The van der Waals surface area contributed by atoms with Gasteiger partial charge in [0.2, 0.25) is 5.91 Å². The molecule has 1 aromatic heterocycles. The largest absolute Gasteiger partial charge is 0.356 e. The molecule has 0 unspecified atom stereocenters. The van der Waals surface area contributed by atoms with Crippen molar-refractivity contribution < 1.29 is 4.79 Å². The molecule has 27 heavy (non-hydrogen) atoms. The van der Waals surface area contributed by atoms with Crippen molar-refractivity contribution in [3.8, 4) is 0 Å². The van der Waals surface area contributed by atoms with E-state index in [4.69, 9.17) is 0 Å². The second-order valence-corrected chi connectivity index (χ2v) is 6.71. The highest BCUT2D eigenvalue weighted by molar-refractivity contribution is 5.79. The predicted molar refractivity (Wildman–Crippen MR) is 106 cm³/mol. The molecule has 2 heterocycles. The number of nitrogens with one attached hydrogen (secondary N) is 2. The van der Waals surface area contributed by atoms with Crippen LogP contribution in [-0.2, 0) is 24.4 Å². The summed E-state index contributed by atoms with van der Waals surface area (Å²) in [5.74, 6) is 1.06. The summed E-state index contributed by atoms with van der Waals surface area (Å²) in [4.78, 5) is 17.9. The zero-order valence-electron chi connectivity index (χ0n) is 15.9. The Labute approximate surface area is 160 Å². The minimum atomic E-state index is 0.267. The van der Waals surface area contributed by atoms with Crippen molar-refractivity contribution in [3.05, 3.63) is 53.9 Å². The van der Waals surface area contributed by atoms with E-state index in [2.05, 4.69) is 45.0 Å². The molecule has 7 heteroatoms. The number of rotatable bonds is 8. The zero-order valence-corrected chi connectivity index (χ0v) is 15.9. The van der Waals surface area contributed by atoms with Gasteiger partial charge >= 0.3 is 0 Å². The van der Waals surface area contributed by atoms with Crippen LogP contribution in [0.4, 0.5) is 0 Å². The molecule has 1 fully saturated rings. The van der Waals surface area contributed by atoms with Gasteiger partial charge in [-0.15, -0.1) is 0 Å². The van der Waals surface area contributed by atoms with Crippen molar-refractivity contribution in [2.75, 3.05) is 20.1 Å². The van der Waals surface area contributed by atoms with Gasteiger partial charge in [-0.1, -0.05) is 24.3 Å². The first-order chi connectivity index (χ1) is 13.2. The summed E-state index contributed by atoms with van der Waals surface area (Å²) < 4.78 is 1.93. The van der Waals surface area contributed by atoms with Crippen LogP contribution >= 0.6 is 0 Å². The molecule has 7 nitrogen and oxygen atoms in total. The normalized spacial score (nSPS) is 14.6. The van der Waals surface area contributed by atoms with E-state index in [1.165, 1.54) is 11.1 Å². The van der Waals surface area contributed by atoms with Crippen LogP contribution < -0.4 is 10.6 Å². The highest BCUT2D eigenvalue weighted by atomic mass is 16.2. The standard InChI is InChI=1S/C20H28N6O/c1-21-20(22-10-3-13-26-14-4-11-24-26)23-15-17-6-8-18(9-7-17)16-25-12-2-5-19(25)27/h4,6-9,11,14H,2-3,5,10,12-13,15-16H2,1H3,(H2,21,22,23). The molecule has 0 bridgehead atoms. The van der Waals surface area contributed by atoms with Gasteiger partial charge in [-0.2, -0.15) is 5.10 Å². The zero-order chi connectivity index (χ0) is 18.9. The van der Waals surface area contributed by atoms with E-state index in [-0.39, 0.29) is 5.91 Å². The van der Waals surface area contributed by atoms with Crippen molar-refractivity contribution in [1.82, 2.24) is 25.3 Å². The van der Waals surface area contributed by atoms with Crippen molar-refractivity contribution in [1.29, 1.82) is 0 Å². The van der Waals surface area contributed by atoms with Crippen LogP contribution in [0.15, 0.2) is 47.7 Å². The molecule has 3 rings (SSSR count). The molecule has 1 aliphatic heterocycles. The Morgan fingerprint density at radius 1 is 1.22 bits per heavy atom. The number of aryl methyl sites for hydroxylation is 1. The van der Waals surface area contributed by atoms with E-state index >= 15 is 0 Å². The molecule has 0 aliphatic carbocycles. The Bertz CT molecular complexity index is 738. The lowest BCUT2D eigenvalue weighted by Crippen LogP contribution is -2.37. The Kier molecular flexibility index (Phi) is 6.84. The third-order valence-electron chi connectivity index (χ3n) is 4.67. The maximum Gasteiger partial charge on any atom is 0.222 e. The summed E-state index contributed by atoms with van der Waals surface area (Å²) >= 11 is 0. The number of carbonyl (C=O) groups excluding carboxylic acids is 1. The SMILES string of the molecule is CN=C(NCCCn1cccn1)NCc1ccc(CN2CCCC2=O)cc1. The molecule has 1 aliphatic rings. The fraction of sp³-hybridized carbons (Fsp3) is 0.450. The number of aromatic nitrogens is 2. The smallest absolute Gasteiger partial charge is 0.222 e. The third kappa shape index (κ3) is 5.84. The van der Waals surface area contributed by atoms with Gasteiger partial charge < -0.3 is 15.5 Å². The number of carbonyl (C=O) groups is 1. The van der Waals surface area contributed by atoms with Gasteiger partial charge in [-0.3, -0.25) is 14.5 Å². The van der Waals surface area contributed by atoms with Gasteiger partial charge in [0.05, 0.1) is 0 Å². The average molecular weight is 368 g/mol. The Hall–Kier alpha value is -2.83. The minimum absolute atomic E-state index is 0.267. The van der Waals surface area contributed by atoms with E-state index < -0.39 is 0 Å². The number of hydrogen-bond acceptors (Lipinski definition) is 3. The van der Waals surface area contributed by atoms with Crippen molar-refractivity contribution in [2.24, 2.45) is 4.99 Å². The molecule has 0 saturated carbocycles. The number of likely N-dealkylation sites (tertiary alicyclic amines) is 1. The molecule has 0 radical (unpaired) electrons. The van der Waals surface area contributed by atoms with Gasteiger partial charge in [-0.05, 0) is 30.0 Å². The summed E-state index contributed by atoms with van der Waals surface area (Å²) in [6, 6.07) is 10.3. The van der Waals surface area contributed by atoms with Crippen LogP contribution in [-0.4, -0.2) is 46.7 Å². The van der Waals surface area contributed by atoms with Crippen LogP contribution in [0, 0.1) is 0 Å². The predicted octanol–water partition coefficient (Wildman–Crippen LogP) is 1.76. The first-order valence-electron chi connectivity index (χ1n) is 9.52. The Balaban J connectivity index is 1.38. The first-order valence-corrected chi connectivity index (χ1v) is 9.52. The van der Waals surface area contributed by atoms with Gasteiger partial charge in [0.25, 0.3) is 0 Å². The van der Waals surface area contributed by atoms with Crippen molar-refractivity contribution in [2.45, 2.75) is 38.9 Å². The fourth-order valence-electron chi connectivity index (χ4n) is 3.14. The monoisotopic (exact) mass is 368 g/mol. The quantitative estimate of drug-likeness (QED) is 0.423. The molecule has 1 amide bonds. The molecule has 1 aromatic carbocycles. The van der Waals surface area contributed by atoms with E-state index in [0.29, 0.717) is 19.5 Å². The molecule has 1 saturated heterocycles. The van der Waals surface area contributed by atoms with E-state index in [1.54, 1.807) is 13.2 Å². The maximum atomic E-state index is 11.7. The number of amides is 1. The van der Waals surface area contributed by atoms with Crippen molar-refractivity contribution >= 4 is 11.9 Å². The van der Waals surface area contributed by atoms with Gasteiger partial charge in [0.15, 0.2) is 5.96 Å². The number of nitrogens with zero attached hydrogens (tertiary/aromatic N) is 4. The van der Waals surface area contributed by atoms with E-state index in [0.717, 1.165) is 38.4 Å². The van der Waals surface area contributed by atoms with E-state index in [9.17, 15) is 4.79 Å². The Morgan fingerprint density at radius 3 is 2.70 bits per heavy atom. The summed E-state index contributed by atoms with van der Waals surface area (Å²) in [5, 5.41) is 10.8. The lowest BCUT2D eigenvalue weighted by molar-refractivity contribution is -0.128. The van der Waals surface area contributed by atoms with Gasteiger partial charge in [0, 0.05) is 58.6 Å². The molecular formula is C20H28N6O. The number of aliphatic imine (C=N–C) groups is 1. The van der Waals surface area contributed by atoms with Crippen LogP contribution in [0.1, 0.15) is 30.4 Å². The summed E-state index contributed by atoms with van der Waals surface area (Å²) in [7, 11) is 1.78. The molecule has 2 N–H and O–H groups in total. The molecule has 0 spiro atoms. The summed E-state index contributed by atoms with van der Waals surface area (Å²) in [6.07, 6.45) is 6.41. The minimum Gasteiger partial charge on any atom is -0.356 e. The number of hydrogen-bond donors (Lipinski definition) is 2. The molecule has 2 aromatic rings. The second-order valence-electron chi connectivity index (χ2n) is 6.71. The number of guanidine groups is 1. The highest BCUT2D eigenvalue weighted by Crippen LogP contribution is 2.14. The molecular weight excluding hydrogens is 340 g/mol. The van der Waals surface area contributed by atoms with Crippen LogP contribution in [0.2, 0.25) is 0 Å². The summed E-state index contributed by atoms with van der Waals surface area (Å²) in [5.41, 5.74) is 2.36.